The molecule has 0 fully saturated rings. The van der Waals surface area contributed by atoms with Crippen LogP contribution in [0.5, 0.6) is 11.5 Å². The van der Waals surface area contributed by atoms with Crippen molar-refractivity contribution in [2.24, 2.45) is 4.99 Å². The molecule has 0 saturated heterocycles. The molecule has 1 aliphatic rings. The van der Waals surface area contributed by atoms with E-state index >= 15 is 0 Å². The molecule has 3 aromatic rings. The van der Waals surface area contributed by atoms with E-state index in [4.69, 9.17) is 15.9 Å². The highest BCUT2D eigenvalue weighted by atomic mass is 32.2. The molecule has 1 amide bonds. The van der Waals surface area contributed by atoms with Gasteiger partial charge in [-0.1, -0.05) is 35.5 Å². The van der Waals surface area contributed by atoms with Gasteiger partial charge in [0.15, 0.2) is 16.3 Å². The number of hydrogen-bond acceptors (Lipinski definition) is 5. The molecule has 0 atom stereocenters. The number of rotatable bonds is 5. The summed E-state index contributed by atoms with van der Waals surface area (Å²) in [4.78, 5) is 18.4. The summed E-state index contributed by atoms with van der Waals surface area (Å²) >= 11 is 3.07. The molecule has 0 bridgehead atoms. The number of ether oxygens (including phenoxy) is 2. The van der Waals surface area contributed by atoms with Gasteiger partial charge in [-0.2, -0.15) is 4.99 Å². The monoisotopic (exact) mass is 396 g/mol. The van der Waals surface area contributed by atoms with E-state index in [0.717, 1.165) is 15.1 Å². The fourth-order valence-corrected chi connectivity index (χ4v) is 4.64. The van der Waals surface area contributed by atoms with Crippen LogP contribution in [0.15, 0.2) is 52.4 Å². The molecule has 5 nitrogen and oxygen atoms in total. The fourth-order valence-electron chi connectivity index (χ4n) is 2.72. The van der Waals surface area contributed by atoms with Crippen LogP contribution < -0.4 is 14.3 Å². The van der Waals surface area contributed by atoms with Crippen molar-refractivity contribution in [1.82, 2.24) is 4.57 Å². The molecule has 7 heteroatoms. The van der Waals surface area contributed by atoms with Gasteiger partial charge in [0.25, 0.3) is 0 Å². The van der Waals surface area contributed by atoms with E-state index in [2.05, 4.69) is 10.9 Å². The van der Waals surface area contributed by atoms with Crippen molar-refractivity contribution in [3.8, 4) is 23.8 Å². The Balaban J connectivity index is 1.57. The average molecular weight is 396 g/mol. The number of thiazole rings is 1. The molecule has 0 spiro atoms. The van der Waals surface area contributed by atoms with Gasteiger partial charge in [0.05, 0.1) is 16.8 Å². The molecule has 27 heavy (non-hydrogen) atoms. The predicted molar refractivity (Wildman–Crippen MR) is 107 cm³/mol. The molecule has 0 N–H and O–H groups in total. The van der Waals surface area contributed by atoms with Crippen molar-refractivity contribution in [3.05, 3.63) is 47.3 Å². The Bertz CT molecular complexity index is 1090. The summed E-state index contributed by atoms with van der Waals surface area (Å²) in [6, 6.07) is 13.8. The normalized spacial score (nSPS) is 13.1. The SMILES string of the molecule is C#CCn1c(=NC(=O)CCSc2ccccc2)sc2cc3c(cc21)OCO3. The summed E-state index contributed by atoms with van der Waals surface area (Å²) in [5.74, 6) is 4.54. The van der Waals surface area contributed by atoms with Gasteiger partial charge in [0.1, 0.15) is 0 Å². The van der Waals surface area contributed by atoms with E-state index in [-0.39, 0.29) is 12.7 Å². The van der Waals surface area contributed by atoms with Gasteiger partial charge in [-0.05, 0) is 12.1 Å². The van der Waals surface area contributed by atoms with Crippen LogP contribution in [0, 0.1) is 12.3 Å². The number of carbonyl (C=O) groups is 1. The van der Waals surface area contributed by atoms with Gasteiger partial charge in [-0.3, -0.25) is 4.79 Å². The maximum absolute atomic E-state index is 12.3. The third-order valence-corrected chi connectivity index (χ3v) is 6.03. The molecule has 1 aliphatic heterocycles. The molecule has 2 heterocycles. The van der Waals surface area contributed by atoms with Gasteiger partial charge in [0, 0.05) is 29.2 Å². The van der Waals surface area contributed by atoms with E-state index in [1.807, 2.05) is 47.0 Å². The molecule has 1 aromatic heterocycles. The third-order valence-electron chi connectivity index (χ3n) is 3.97. The van der Waals surface area contributed by atoms with Gasteiger partial charge in [-0.15, -0.1) is 18.2 Å². The number of benzene rings is 2. The first-order valence-corrected chi connectivity index (χ1v) is 10.2. The Kier molecular flexibility index (Phi) is 5.19. The standard InChI is InChI=1S/C20H16N2O3S2/c1-2-9-22-15-11-16-17(25-13-24-16)12-18(15)27-20(22)21-19(23)8-10-26-14-6-4-3-5-7-14/h1,3-7,11-12H,8-10,13H2. The Morgan fingerprint density at radius 2 is 2.04 bits per heavy atom. The minimum absolute atomic E-state index is 0.157. The van der Waals surface area contributed by atoms with Crippen molar-refractivity contribution in [2.45, 2.75) is 17.9 Å². The summed E-state index contributed by atoms with van der Waals surface area (Å²) in [6.45, 7) is 0.557. The first kappa shape index (κ1) is 17.7. The lowest BCUT2D eigenvalue weighted by molar-refractivity contribution is -0.117. The van der Waals surface area contributed by atoms with Gasteiger partial charge in [-0.25, -0.2) is 0 Å². The molecule has 0 saturated carbocycles. The molecule has 0 unspecified atom stereocenters. The average Bonchev–Trinajstić information content (AvgIpc) is 3.25. The second kappa shape index (κ2) is 7.91. The van der Waals surface area contributed by atoms with Gasteiger partial charge >= 0.3 is 0 Å². The topological polar surface area (TPSA) is 52.8 Å². The first-order valence-electron chi connectivity index (χ1n) is 8.36. The number of nitrogens with zero attached hydrogens (tertiary/aromatic N) is 2. The lowest BCUT2D eigenvalue weighted by Crippen LogP contribution is -2.16. The summed E-state index contributed by atoms with van der Waals surface area (Å²) in [6.07, 6.45) is 5.88. The minimum atomic E-state index is -0.157. The van der Waals surface area contributed by atoms with Crippen LogP contribution in [0.2, 0.25) is 0 Å². The van der Waals surface area contributed by atoms with Crippen LogP contribution in [0.4, 0.5) is 0 Å². The van der Waals surface area contributed by atoms with Crippen molar-refractivity contribution < 1.29 is 14.3 Å². The highest BCUT2D eigenvalue weighted by molar-refractivity contribution is 7.99. The van der Waals surface area contributed by atoms with Crippen LogP contribution in [0.1, 0.15) is 6.42 Å². The summed E-state index contributed by atoms with van der Waals surface area (Å²) < 4.78 is 13.7. The maximum atomic E-state index is 12.3. The summed E-state index contributed by atoms with van der Waals surface area (Å²) in [7, 11) is 0. The van der Waals surface area contributed by atoms with Crippen LogP contribution >= 0.6 is 23.1 Å². The van der Waals surface area contributed by atoms with Crippen molar-refractivity contribution >= 4 is 39.2 Å². The number of fused-ring (bicyclic) bond motifs is 2. The molecular weight excluding hydrogens is 380 g/mol. The zero-order valence-electron chi connectivity index (χ0n) is 14.4. The van der Waals surface area contributed by atoms with Crippen molar-refractivity contribution in [3.63, 3.8) is 0 Å². The molecule has 2 aromatic carbocycles. The maximum Gasteiger partial charge on any atom is 0.249 e. The van der Waals surface area contributed by atoms with Crippen molar-refractivity contribution in [2.75, 3.05) is 12.5 Å². The molecular formula is C20H16N2O3S2. The number of hydrogen-bond donors (Lipinski definition) is 0. The van der Waals surface area contributed by atoms with Crippen LogP contribution in [0.25, 0.3) is 10.2 Å². The summed E-state index contributed by atoms with van der Waals surface area (Å²) in [5.41, 5.74) is 0.896. The Morgan fingerprint density at radius 3 is 2.81 bits per heavy atom. The van der Waals surface area contributed by atoms with Crippen molar-refractivity contribution in [1.29, 1.82) is 0 Å². The number of aromatic nitrogens is 1. The quantitative estimate of drug-likeness (QED) is 0.488. The fraction of sp³-hybridized carbons (Fsp3) is 0.200. The molecule has 4 rings (SSSR count). The van der Waals surface area contributed by atoms with Crippen LogP contribution in [0.3, 0.4) is 0 Å². The van der Waals surface area contributed by atoms with Crippen LogP contribution in [-0.4, -0.2) is 23.0 Å². The summed E-state index contributed by atoms with van der Waals surface area (Å²) in [5, 5.41) is 0. The number of amides is 1. The zero-order valence-corrected chi connectivity index (χ0v) is 16.0. The van der Waals surface area contributed by atoms with Gasteiger partial charge < -0.3 is 14.0 Å². The minimum Gasteiger partial charge on any atom is -0.454 e. The predicted octanol–water partition coefficient (Wildman–Crippen LogP) is 3.67. The Labute approximate surface area is 164 Å². The highest BCUT2D eigenvalue weighted by Gasteiger charge is 2.17. The van der Waals surface area contributed by atoms with E-state index in [9.17, 15) is 4.79 Å². The number of terminal acetylenes is 1. The number of carbonyl (C=O) groups excluding carboxylic acids is 1. The van der Waals surface area contributed by atoms with E-state index < -0.39 is 0 Å². The Hall–Kier alpha value is -2.69. The van der Waals surface area contributed by atoms with E-state index in [0.29, 0.717) is 35.0 Å². The Morgan fingerprint density at radius 1 is 1.26 bits per heavy atom. The third kappa shape index (κ3) is 3.87. The molecule has 0 radical (unpaired) electrons. The lowest BCUT2D eigenvalue weighted by atomic mass is 10.3. The largest absolute Gasteiger partial charge is 0.454 e. The molecule has 0 aliphatic carbocycles. The van der Waals surface area contributed by atoms with Gasteiger partial charge in [0.2, 0.25) is 12.7 Å². The second-order valence-electron chi connectivity index (χ2n) is 5.77. The second-order valence-corrected chi connectivity index (χ2v) is 7.94. The molecule has 136 valence electrons. The highest BCUT2D eigenvalue weighted by Crippen LogP contribution is 2.36. The zero-order chi connectivity index (χ0) is 18.6. The first-order chi connectivity index (χ1) is 13.2. The van der Waals surface area contributed by atoms with E-state index in [1.54, 1.807) is 11.8 Å². The van der Waals surface area contributed by atoms with E-state index in [1.165, 1.54) is 11.3 Å². The smallest absolute Gasteiger partial charge is 0.249 e. The van der Waals surface area contributed by atoms with Crippen LogP contribution in [-0.2, 0) is 11.3 Å². The number of thioether (sulfide) groups is 1. The lowest BCUT2D eigenvalue weighted by Gasteiger charge is -2.01.